The number of carbonyl (C=O) groups is 1. The van der Waals surface area contributed by atoms with Gasteiger partial charge in [-0.1, -0.05) is 0 Å². The molecular formula is C18H25ClN4O2. The van der Waals surface area contributed by atoms with Crippen LogP contribution in [0.5, 0.6) is 0 Å². The van der Waals surface area contributed by atoms with Gasteiger partial charge in [0.1, 0.15) is 11.6 Å². The van der Waals surface area contributed by atoms with Gasteiger partial charge in [0, 0.05) is 25.5 Å². The molecule has 0 bridgehead atoms. The van der Waals surface area contributed by atoms with E-state index in [0.717, 1.165) is 38.2 Å². The molecule has 1 aliphatic heterocycles. The maximum atomic E-state index is 13.2. The van der Waals surface area contributed by atoms with Gasteiger partial charge in [0.2, 0.25) is 0 Å². The minimum atomic E-state index is 0. The lowest BCUT2D eigenvalue weighted by atomic mass is 9.93. The van der Waals surface area contributed by atoms with E-state index in [1.165, 1.54) is 0 Å². The van der Waals surface area contributed by atoms with Gasteiger partial charge in [0.25, 0.3) is 5.91 Å². The highest BCUT2D eigenvalue weighted by Crippen LogP contribution is 2.56. The first-order chi connectivity index (χ1) is 11.6. The maximum Gasteiger partial charge on any atom is 0.258 e. The number of aromatic nitrogens is 2. The number of imidazole rings is 1. The van der Waals surface area contributed by atoms with Crippen LogP contribution in [0.25, 0.3) is 0 Å². The molecule has 0 radical (unpaired) electrons. The first kappa shape index (κ1) is 18.0. The molecule has 1 aliphatic carbocycles. The largest absolute Gasteiger partial charge is 0.469 e. The lowest BCUT2D eigenvalue weighted by Gasteiger charge is -2.29. The fraction of sp³-hybridized carbons (Fsp3) is 0.556. The molecule has 1 unspecified atom stereocenters. The van der Waals surface area contributed by atoms with Gasteiger partial charge in [-0.15, -0.1) is 12.4 Å². The molecule has 0 aromatic carbocycles. The summed E-state index contributed by atoms with van der Waals surface area (Å²) >= 11 is 0. The number of nitrogens with one attached hydrogen (secondary N) is 1. The van der Waals surface area contributed by atoms with E-state index in [9.17, 15) is 4.79 Å². The summed E-state index contributed by atoms with van der Waals surface area (Å²) in [7, 11) is 1.97. The van der Waals surface area contributed by atoms with Crippen molar-refractivity contribution in [1.29, 1.82) is 0 Å². The molecule has 2 aromatic heterocycles. The number of hydrogen-bond donors (Lipinski definition) is 1. The van der Waals surface area contributed by atoms with Gasteiger partial charge in [-0.25, -0.2) is 4.98 Å². The van der Waals surface area contributed by atoms with Gasteiger partial charge in [-0.3, -0.25) is 4.79 Å². The van der Waals surface area contributed by atoms with Crippen molar-refractivity contribution < 1.29 is 9.21 Å². The highest BCUT2D eigenvalue weighted by atomic mass is 35.5. The van der Waals surface area contributed by atoms with Crippen molar-refractivity contribution in [3.05, 3.63) is 41.9 Å². The summed E-state index contributed by atoms with van der Waals surface area (Å²) in [4.78, 5) is 19.6. The molecule has 136 valence electrons. The average molecular weight is 365 g/mol. The highest BCUT2D eigenvalue weighted by Gasteiger charge is 2.58. The summed E-state index contributed by atoms with van der Waals surface area (Å²) in [6.45, 7) is 4.49. The molecule has 1 N–H and O–H groups in total. The summed E-state index contributed by atoms with van der Waals surface area (Å²) < 4.78 is 7.34. The van der Waals surface area contributed by atoms with Gasteiger partial charge in [0.15, 0.2) is 0 Å². The van der Waals surface area contributed by atoms with E-state index in [4.69, 9.17) is 4.42 Å². The van der Waals surface area contributed by atoms with E-state index in [2.05, 4.69) is 10.3 Å². The Morgan fingerprint density at radius 3 is 2.84 bits per heavy atom. The Bertz CT molecular complexity index is 748. The Hall–Kier alpha value is -1.79. The normalized spacial score (nSPS) is 21.0. The molecule has 1 amide bonds. The number of hydrogen-bond acceptors (Lipinski definition) is 4. The zero-order valence-corrected chi connectivity index (χ0v) is 15.5. The second-order valence-electron chi connectivity index (χ2n) is 7.11. The summed E-state index contributed by atoms with van der Waals surface area (Å²) in [5, 5.41) is 3.43. The van der Waals surface area contributed by atoms with E-state index in [1.807, 2.05) is 29.6 Å². The molecule has 2 aliphatic rings. The third-order valence-electron chi connectivity index (χ3n) is 5.71. The Morgan fingerprint density at radius 2 is 2.24 bits per heavy atom. The standard InChI is InChI=1S/C18H24N4O2.ClH/c1-13-14(3-10-24-13)17(23)22(12-16-20-8-9-21(16)2)15-11-18(15)4-6-19-7-5-18;/h3,8-10,15,19H,4-7,11-12H2,1-2H3;1H. The number of nitrogens with zero attached hydrogens (tertiary/aromatic N) is 3. The lowest BCUT2D eigenvalue weighted by molar-refractivity contribution is 0.0683. The number of carbonyl (C=O) groups excluding carboxylic acids is 1. The van der Waals surface area contributed by atoms with Crippen LogP contribution in [-0.4, -0.2) is 39.5 Å². The Kier molecular flexibility index (Phi) is 4.93. The topological polar surface area (TPSA) is 63.3 Å². The molecule has 4 rings (SSSR count). The van der Waals surface area contributed by atoms with E-state index >= 15 is 0 Å². The number of halogens is 1. The van der Waals surface area contributed by atoms with Crippen molar-refractivity contribution in [3.8, 4) is 0 Å². The quantitative estimate of drug-likeness (QED) is 0.905. The van der Waals surface area contributed by atoms with Crippen LogP contribution in [0, 0.1) is 12.3 Å². The predicted molar refractivity (Wildman–Crippen MR) is 96.7 cm³/mol. The molecule has 6 nitrogen and oxygen atoms in total. The average Bonchev–Trinajstić information content (AvgIpc) is 2.91. The molecule has 1 spiro atoms. The van der Waals surface area contributed by atoms with Gasteiger partial charge in [-0.05, 0) is 50.8 Å². The Morgan fingerprint density at radius 1 is 1.48 bits per heavy atom. The third-order valence-corrected chi connectivity index (χ3v) is 5.71. The van der Waals surface area contributed by atoms with Crippen LogP contribution < -0.4 is 5.32 Å². The van der Waals surface area contributed by atoms with Crippen LogP contribution in [0.3, 0.4) is 0 Å². The summed E-state index contributed by atoms with van der Waals surface area (Å²) in [6, 6.07) is 2.08. The van der Waals surface area contributed by atoms with E-state index in [0.29, 0.717) is 29.3 Å². The monoisotopic (exact) mass is 364 g/mol. The molecular weight excluding hydrogens is 340 g/mol. The van der Waals surface area contributed by atoms with Crippen LogP contribution in [-0.2, 0) is 13.6 Å². The van der Waals surface area contributed by atoms with E-state index < -0.39 is 0 Å². The second-order valence-corrected chi connectivity index (χ2v) is 7.11. The zero-order valence-electron chi connectivity index (χ0n) is 14.7. The van der Waals surface area contributed by atoms with Crippen LogP contribution in [0.1, 0.15) is 41.2 Å². The Labute approximate surface area is 154 Å². The minimum Gasteiger partial charge on any atom is -0.469 e. The molecule has 1 atom stereocenters. The molecule has 25 heavy (non-hydrogen) atoms. The Balaban J connectivity index is 0.00000182. The summed E-state index contributed by atoms with van der Waals surface area (Å²) in [5.74, 6) is 1.66. The molecule has 2 fully saturated rings. The molecule has 2 aromatic rings. The van der Waals surface area contributed by atoms with Crippen molar-refractivity contribution in [2.24, 2.45) is 12.5 Å². The van der Waals surface area contributed by atoms with Crippen LogP contribution in [0.2, 0.25) is 0 Å². The van der Waals surface area contributed by atoms with Gasteiger partial charge < -0.3 is 19.2 Å². The first-order valence-corrected chi connectivity index (χ1v) is 8.63. The van der Waals surface area contributed by atoms with Crippen LogP contribution in [0.15, 0.2) is 29.1 Å². The predicted octanol–water partition coefficient (Wildman–Crippen LogP) is 2.53. The molecule has 7 heteroatoms. The highest BCUT2D eigenvalue weighted by molar-refractivity contribution is 5.95. The minimum absolute atomic E-state index is 0. The van der Waals surface area contributed by atoms with Crippen molar-refractivity contribution in [1.82, 2.24) is 19.8 Å². The van der Waals surface area contributed by atoms with E-state index in [1.54, 1.807) is 18.5 Å². The van der Waals surface area contributed by atoms with Crippen LogP contribution >= 0.6 is 12.4 Å². The molecule has 1 saturated carbocycles. The van der Waals surface area contributed by atoms with Gasteiger partial charge in [-0.2, -0.15) is 0 Å². The number of piperidine rings is 1. The number of furan rings is 1. The summed E-state index contributed by atoms with van der Waals surface area (Å²) in [6.07, 6.45) is 8.69. The zero-order chi connectivity index (χ0) is 16.7. The van der Waals surface area contributed by atoms with Crippen molar-refractivity contribution in [2.75, 3.05) is 13.1 Å². The fourth-order valence-corrected chi connectivity index (χ4v) is 4.02. The SMILES string of the molecule is Cc1occc1C(=O)N(Cc1nccn1C)C1CC12CCNCC2.Cl. The lowest BCUT2D eigenvalue weighted by Crippen LogP contribution is -2.39. The fourth-order valence-electron chi connectivity index (χ4n) is 4.02. The molecule has 1 saturated heterocycles. The number of amides is 1. The van der Waals surface area contributed by atoms with Gasteiger partial charge in [0.05, 0.1) is 18.4 Å². The second kappa shape index (κ2) is 6.84. The summed E-state index contributed by atoms with van der Waals surface area (Å²) in [5.41, 5.74) is 0.962. The van der Waals surface area contributed by atoms with Crippen LogP contribution in [0.4, 0.5) is 0 Å². The maximum absolute atomic E-state index is 13.2. The van der Waals surface area contributed by atoms with E-state index in [-0.39, 0.29) is 18.3 Å². The van der Waals surface area contributed by atoms with Crippen molar-refractivity contribution in [2.45, 2.75) is 38.8 Å². The van der Waals surface area contributed by atoms with Crippen molar-refractivity contribution >= 4 is 18.3 Å². The van der Waals surface area contributed by atoms with Gasteiger partial charge >= 0.3 is 0 Å². The molecule has 3 heterocycles. The number of rotatable bonds is 4. The third kappa shape index (κ3) is 3.20. The first-order valence-electron chi connectivity index (χ1n) is 8.63. The number of aryl methyl sites for hydroxylation is 2. The smallest absolute Gasteiger partial charge is 0.258 e. The van der Waals surface area contributed by atoms with Crippen molar-refractivity contribution in [3.63, 3.8) is 0 Å².